The van der Waals surface area contributed by atoms with E-state index >= 15 is 0 Å². The number of rotatable bonds is 4. The molecule has 1 aromatic heterocycles. The third-order valence-corrected chi connectivity index (χ3v) is 5.05. The van der Waals surface area contributed by atoms with Crippen LogP contribution < -0.4 is 16.6 Å². The van der Waals surface area contributed by atoms with E-state index in [0.717, 1.165) is 36.4 Å². The highest BCUT2D eigenvalue weighted by Gasteiger charge is 2.23. The average molecular weight is 373 g/mol. The predicted octanol–water partition coefficient (Wildman–Crippen LogP) is 1.59. The number of hydrogen-bond acceptors (Lipinski definition) is 4. The molecule has 2 aromatic rings. The molecule has 27 heavy (non-hydrogen) atoms. The van der Waals surface area contributed by atoms with Gasteiger partial charge in [0.25, 0.3) is 5.56 Å². The number of nitrogens with zero attached hydrogens (tertiary/aromatic N) is 2. The second kappa shape index (κ2) is 7.11. The van der Waals surface area contributed by atoms with E-state index in [-0.39, 0.29) is 0 Å². The molecule has 1 aromatic carbocycles. The molecule has 7 nitrogen and oxygen atoms in total. The van der Waals surface area contributed by atoms with Gasteiger partial charge in [-0.25, -0.2) is 9.36 Å². The fraction of sp³-hybridized carbons (Fsp3) is 0.421. The van der Waals surface area contributed by atoms with E-state index in [0.29, 0.717) is 23.3 Å². The minimum Gasteiger partial charge on any atom is -0.358 e. The summed E-state index contributed by atoms with van der Waals surface area (Å²) in [6, 6.07) is 5.66. The molecule has 0 saturated carbocycles. The number of amides is 1. The van der Waals surface area contributed by atoms with Gasteiger partial charge in [-0.05, 0) is 55.4 Å². The molecule has 0 radical (unpaired) electrons. The van der Waals surface area contributed by atoms with Crippen LogP contribution in [0.5, 0.6) is 0 Å². The molecule has 1 fully saturated rings. The van der Waals surface area contributed by atoms with Gasteiger partial charge >= 0.3 is 5.69 Å². The summed E-state index contributed by atoms with van der Waals surface area (Å²) in [6.07, 6.45) is 4.64. The molecule has 4 rings (SSSR count). The Balaban J connectivity index is 1.57. The molecule has 1 N–H and O–H groups in total. The highest BCUT2D eigenvalue weighted by molar-refractivity contribution is 5.90. The number of carbonyl (C=O) groups is 1. The highest BCUT2D eigenvalue weighted by atomic mass is 19.1. The van der Waals surface area contributed by atoms with Crippen molar-refractivity contribution in [3.05, 3.63) is 62.2 Å². The number of carbonyl (C=O) groups excluding carboxylic acids is 1. The zero-order valence-corrected chi connectivity index (χ0v) is 14.7. The van der Waals surface area contributed by atoms with Gasteiger partial charge in [-0.2, -0.15) is 4.39 Å². The largest absolute Gasteiger partial charge is 0.358 e. The van der Waals surface area contributed by atoms with Gasteiger partial charge in [0.05, 0.1) is 6.20 Å². The molecular formula is C19H20FN3O4. The van der Waals surface area contributed by atoms with Crippen LogP contribution in [0.3, 0.4) is 0 Å². The summed E-state index contributed by atoms with van der Waals surface area (Å²) in [5, 5.41) is 2.68. The second-order valence-corrected chi connectivity index (χ2v) is 6.91. The summed E-state index contributed by atoms with van der Waals surface area (Å²) in [5.74, 6) is -1.65. The van der Waals surface area contributed by atoms with E-state index in [1.807, 2.05) is 12.1 Å². The lowest BCUT2D eigenvalue weighted by atomic mass is 10.1. The van der Waals surface area contributed by atoms with E-state index in [1.54, 1.807) is 6.07 Å². The molecule has 1 atom stereocenters. The molecule has 0 unspecified atom stereocenters. The van der Waals surface area contributed by atoms with Crippen LogP contribution in [0, 0.1) is 5.82 Å². The van der Waals surface area contributed by atoms with E-state index in [1.165, 1.54) is 11.1 Å². The Kier molecular flexibility index (Phi) is 4.65. The van der Waals surface area contributed by atoms with Crippen molar-refractivity contribution in [2.75, 3.05) is 11.9 Å². The first kappa shape index (κ1) is 17.7. The standard InChI is InChI=1S/C19H20FN3O4/c20-15-10-22(17-5-2-8-27-17)19(26)23(18(15)25)11-16(24)21-14-7-6-12-3-1-4-13(12)9-14/h6-7,9-10,17H,1-5,8,11H2,(H,21,24)/t17-/m1/s1. The van der Waals surface area contributed by atoms with Crippen LogP contribution in [-0.2, 0) is 28.9 Å². The normalized spacial score (nSPS) is 18.5. The lowest BCUT2D eigenvalue weighted by Gasteiger charge is -2.15. The quantitative estimate of drug-likeness (QED) is 0.882. The Labute approximate surface area is 154 Å². The average Bonchev–Trinajstić information content (AvgIpc) is 3.33. The third-order valence-electron chi connectivity index (χ3n) is 5.05. The molecule has 0 bridgehead atoms. The number of fused-ring (bicyclic) bond motifs is 1. The van der Waals surface area contributed by atoms with Crippen molar-refractivity contribution in [3.8, 4) is 0 Å². The summed E-state index contributed by atoms with van der Waals surface area (Å²) in [6.45, 7) is -0.0874. The van der Waals surface area contributed by atoms with Crippen molar-refractivity contribution in [2.45, 2.75) is 44.9 Å². The number of anilines is 1. The van der Waals surface area contributed by atoms with Crippen LogP contribution in [0.1, 0.15) is 36.6 Å². The Morgan fingerprint density at radius 3 is 2.81 bits per heavy atom. The van der Waals surface area contributed by atoms with Crippen molar-refractivity contribution in [1.29, 1.82) is 0 Å². The smallest absolute Gasteiger partial charge is 0.333 e. The fourth-order valence-electron chi connectivity index (χ4n) is 3.71. The van der Waals surface area contributed by atoms with Crippen LogP contribution in [0.4, 0.5) is 10.1 Å². The first-order valence-electron chi connectivity index (χ1n) is 9.07. The Hall–Kier alpha value is -2.74. The third kappa shape index (κ3) is 3.44. The maximum absolute atomic E-state index is 14.0. The molecule has 8 heteroatoms. The Morgan fingerprint density at radius 1 is 1.22 bits per heavy atom. The van der Waals surface area contributed by atoms with Crippen LogP contribution in [0.2, 0.25) is 0 Å². The van der Waals surface area contributed by atoms with Gasteiger partial charge in [0.1, 0.15) is 12.8 Å². The van der Waals surface area contributed by atoms with Gasteiger partial charge < -0.3 is 10.1 Å². The number of halogens is 1. The van der Waals surface area contributed by atoms with E-state index < -0.39 is 35.7 Å². The molecule has 1 amide bonds. The van der Waals surface area contributed by atoms with Gasteiger partial charge in [0.15, 0.2) is 0 Å². The number of benzene rings is 1. The summed E-state index contributed by atoms with van der Waals surface area (Å²) >= 11 is 0. The number of aryl methyl sites for hydroxylation is 2. The van der Waals surface area contributed by atoms with E-state index in [4.69, 9.17) is 4.74 Å². The lowest BCUT2D eigenvalue weighted by Crippen LogP contribution is -2.44. The number of hydrogen-bond donors (Lipinski definition) is 1. The van der Waals surface area contributed by atoms with Gasteiger partial charge in [0.2, 0.25) is 11.7 Å². The van der Waals surface area contributed by atoms with Crippen molar-refractivity contribution in [2.24, 2.45) is 0 Å². The Morgan fingerprint density at radius 2 is 2.04 bits per heavy atom. The predicted molar refractivity (Wildman–Crippen MR) is 96.2 cm³/mol. The van der Waals surface area contributed by atoms with Crippen LogP contribution in [0.25, 0.3) is 0 Å². The number of aromatic nitrogens is 2. The van der Waals surface area contributed by atoms with E-state index in [2.05, 4.69) is 5.32 Å². The first-order chi connectivity index (χ1) is 13.0. The van der Waals surface area contributed by atoms with Crippen molar-refractivity contribution >= 4 is 11.6 Å². The van der Waals surface area contributed by atoms with Crippen LogP contribution in [-0.4, -0.2) is 21.6 Å². The molecular weight excluding hydrogens is 353 g/mol. The summed E-state index contributed by atoms with van der Waals surface area (Å²) in [5.41, 5.74) is 1.20. The molecule has 0 spiro atoms. The molecule has 1 aliphatic carbocycles. The summed E-state index contributed by atoms with van der Waals surface area (Å²) < 4.78 is 21.1. The van der Waals surface area contributed by atoms with Gasteiger partial charge in [-0.3, -0.25) is 14.2 Å². The van der Waals surface area contributed by atoms with E-state index in [9.17, 15) is 18.8 Å². The number of ether oxygens (including phenoxy) is 1. The number of nitrogens with one attached hydrogen (secondary N) is 1. The minimum atomic E-state index is -1.11. The summed E-state index contributed by atoms with van der Waals surface area (Å²) in [7, 11) is 0. The molecule has 1 saturated heterocycles. The second-order valence-electron chi connectivity index (χ2n) is 6.91. The topological polar surface area (TPSA) is 82.3 Å². The first-order valence-corrected chi connectivity index (χ1v) is 9.07. The SMILES string of the molecule is O=C(Cn1c(=O)c(F)cn([C@H]2CCCO2)c1=O)Nc1ccc2c(c1)CCC2. The highest BCUT2D eigenvalue weighted by Crippen LogP contribution is 2.25. The molecule has 2 heterocycles. The van der Waals surface area contributed by atoms with Crippen molar-refractivity contribution in [1.82, 2.24) is 9.13 Å². The van der Waals surface area contributed by atoms with Gasteiger partial charge in [0, 0.05) is 12.3 Å². The van der Waals surface area contributed by atoms with Crippen molar-refractivity contribution in [3.63, 3.8) is 0 Å². The van der Waals surface area contributed by atoms with Crippen LogP contribution in [0.15, 0.2) is 34.0 Å². The van der Waals surface area contributed by atoms with Crippen LogP contribution >= 0.6 is 0 Å². The molecule has 1 aliphatic heterocycles. The molecule has 142 valence electrons. The maximum Gasteiger partial charge on any atom is 0.333 e. The monoisotopic (exact) mass is 373 g/mol. The summed E-state index contributed by atoms with van der Waals surface area (Å²) in [4.78, 5) is 37.0. The van der Waals surface area contributed by atoms with Gasteiger partial charge in [-0.15, -0.1) is 0 Å². The van der Waals surface area contributed by atoms with Gasteiger partial charge in [-0.1, -0.05) is 6.07 Å². The van der Waals surface area contributed by atoms with Crippen molar-refractivity contribution < 1.29 is 13.9 Å². The maximum atomic E-state index is 14.0. The molecule has 2 aliphatic rings. The zero-order valence-electron chi connectivity index (χ0n) is 14.7. The zero-order chi connectivity index (χ0) is 19.0. The Bertz CT molecular complexity index is 1000. The minimum absolute atomic E-state index is 0.469. The lowest BCUT2D eigenvalue weighted by molar-refractivity contribution is -0.116. The fourth-order valence-corrected chi connectivity index (χ4v) is 3.71.